The molecule has 0 atom stereocenters. The van der Waals surface area contributed by atoms with Crippen LogP contribution >= 0.6 is 11.8 Å². The number of hydrogen-bond donors (Lipinski definition) is 1. The summed E-state index contributed by atoms with van der Waals surface area (Å²) in [6.07, 6.45) is 3.19. The first-order chi connectivity index (χ1) is 8.66. The van der Waals surface area contributed by atoms with Gasteiger partial charge in [-0.25, -0.2) is 19.2 Å². The van der Waals surface area contributed by atoms with Crippen LogP contribution in [0.1, 0.15) is 15.9 Å². The summed E-state index contributed by atoms with van der Waals surface area (Å²) >= 11 is 1.26. The van der Waals surface area contributed by atoms with Crippen LogP contribution < -0.4 is 0 Å². The van der Waals surface area contributed by atoms with Gasteiger partial charge in [0, 0.05) is 18.1 Å². The molecule has 1 N–H and O–H groups in total. The normalized spacial score (nSPS) is 10.3. The van der Waals surface area contributed by atoms with Crippen molar-refractivity contribution in [2.75, 3.05) is 0 Å². The van der Waals surface area contributed by atoms with E-state index >= 15 is 0 Å². The molecule has 0 spiro atoms. The molecular formula is C12H9FN2O2S. The second-order valence-electron chi connectivity index (χ2n) is 3.43. The third-order valence-corrected chi connectivity index (χ3v) is 3.12. The average Bonchev–Trinajstić information content (AvgIpc) is 2.37. The average molecular weight is 264 g/mol. The van der Waals surface area contributed by atoms with Crippen LogP contribution in [0.15, 0.2) is 41.8 Å². The van der Waals surface area contributed by atoms with Gasteiger partial charge in [-0.1, -0.05) is 11.8 Å². The summed E-state index contributed by atoms with van der Waals surface area (Å²) in [5, 5.41) is 9.52. The standard InChI is InChI=1S/C12H9FN2O2S/c13-9-2-3-10(11(16)17)8(6-9)7-18-12-14-4-1-5-15-12/h1-6H,7H2,(H,16,17). The maximum absolute atomic E-state index is 13.1. The quantitative estimate of drug-likeness (QED) is 0.679. The summed E-state index contributed by atoms with van der Waals surface area (Å²) in [7, 11) is 0. The van der Waals surface area contributed by atoms with Crippen molar-refractivity contribution < 1.29 is 14.3 Å². The van der Waals surface area contributed by atoms with Crippen molar-refractivity contribution in [3.8, 4) is 0 Å². The van der Waals surface area contributed by atoms with E-state index in [1.165, 1.54) is 23.9 Å². The van der Waals surface area contributed by atoms with Gasteiger partial charge in [0.25, 0.3) is 0 Å². The molecule has 2 aromatic rings. The molecule has 1 heterocycles. The highest BCUT2D eigenvalue weighted by Gasteiger charge is 2.11. The summed E-state index contributed by atoms with van der Waals surface area (Å²) in [5.41, 5.74) is 0.514. The van der Waals surface area contributed by atoms with Gasteiger partial charge in [0.2, 0.25) is 0 Å². The highest BCUT2D eigenvalue weighted by Crippen LogP contribution is 2.22. The fourth-order valence-electron chi connectivity index (χ4n) is 1.39. The molecule has 4 nitrogen and oxygen atoms in total. The number of aromatic carboxylic acids is 1. The number of nitrogens with zero attached hydrogens (tertiary/aromatic N) is 2. The second-order valence-corrected chi connectivity index (χ2v) is 4.37. The Kier molecular flexibility index (Phi) is 3.88. The van der Waals surface area contributed by atoms with E-state index in [1.807, 2.05) is 0 Å². The number of hydrogen-bond acceptors (Lipinski definition) is 4. The largest absolute Gasteiger partial charge is 0.478 e. The predicted octanol–water partition coefficient (Wildman–Crippen LogP) is 2.61. The second kappa shape index (κ2) is 5.59. The molecule has 0 aliphatic heterocycles. The fourth-order valence-corrected chi connectivity index (χ4v) is 2.19. The van der Waals surface area contributed by atoms with Gasteiger partial charge in [-0.3, -0.25) is 0 Å². The third kappa shape index (κ3) is 3.04. The van der Waals surface area contributed by atoms with Gasteiger partial charge in [0.15, 0.2) is 5.16 Å². The van der Waals surface area contributed by atoms with Gasteiger partial charge in [0.1, 0.15) is 5.82 Å². The molecule has 0 amide bonds. The van der Waals surface area contributed by atoms with Crippen molar-refractivity contribution >= 4 is 17.7 Å². The number of carboxylic acid groups (broad SMARTS) is 1. The van der Waals surface area contributed by atoms with E-state index in [-0.39, 0.29) is 5.56 Å². The minimum absolute atomic E-state index is 0.0971. The minimum Gasteiger partial charge on any atom is -0.478 e. The summed E-state index contributed by atoms with van der Waals surface area (Å²) in [4.78, 5) is 19.0. The van der Waals surface area contributed by atoms with E-state index in [2.05, 4.69) is 9.97 Å². The Hall–Kier alpha value is -1.95. The third-order valence-electron chi connectivity index (χ3n) is 2.20. The zero-order valence-corrected chi connectivity index (χ0v) is 10.0. The number of halogens is 1. The molecule has 0 aliphatic carbocycles. The van der Waals surface area contributed by atoms with Crippen molar-refractivity contribution in [2.24, 2.45) is 0 Å². The van der Waals surface area contributed by atoms with Crippen LogP contribution in [0.3, 0.4) is 0 Å². The van der Waals surface area contributed by atoms with Gasteiger partial charge in [-0.2, -0.15) is 0 Å². The first-order valence-corrected chi connectivity index (χ1v) is 6.07. The molecule has 0 saturated heterocycles. The number of carbonyl (C=O) groups is 1. The van der Waals surface area contributed by atoms with Crippen LogP contribution in [-0.4, -0.2) is 21.0 Å². The topological polar surface area (TPSA) is 63.1 Å². The molecule has 0 saturated carbocycles. The lowest BCUT2D eigenvalue weighted by molar-refractivity contribution is 0.0696. The van der Waals surface area contributed by atoms with Crippen LogP contribution in [0, 0.1) is 5.82 Å². The molecule has 1 aromatic carbocycles. The van der Waals surface area contributed by atoms with E-state index < -0.39 is 11.8 Å². The zero-order valence-electron chi connectivity index (χ0n) is 9.21. The van der Waals surface area contributed by atoms with Gasteiger partial charge < -0.3 is 5.11 Å². The van der Waals surface area contributed by atoms with Crippen LogP contribution in [0.25, 0.3) is 0 Å². The lowest BCUT2D eigenvalue weighted by Gasteiger charge is -2.05. The fraction of sp³-hybridized carbons (Fsp3) is 0.0833. The van der Waals surface area contributed by atoms with E-state index in [1.54, 1.807) is 18.5 Å². The lowest BCUT2D eigenvalue weighted by Crippen LogP contribution is -2.02. The molecule has 0 unspecified atom stereocenters. The zero-order chi connectivity index (χ0) is 13.0. The number of benzene rings is 1. The first-order valence-electron chi connectivity index (χ1n) is 5.08. The Morgan fingerprint density at radius 3 is 2.72 bits per heavy atom. The Balaban J connectivity index is 2.18. The van der Waals surface area contributed by atoms with Gasteiger partial charge in [0.05, 0.1) is 5.56 Å². The van der Waals surface area contributed by atoms with Crippen molar-refractivity contribution in [1.29, 1.82) is 0 Å². The number of rotatable bonds is 4. The maximum Gasteiger partial charge on any atom is 0.335 e. The van der Waals surface area contributed by atoms with Crippen LogP contribution in [0.5, 0.6) is 0 Å². The molecule has 1 aromatic heterocycles. The smallest absolute Gasteiger partial charge is 0.335 e. The number of aromatic nitrogens is 2. The van der Waals surface area contributed by atoms with E-state index in [9.17, 15) is 9.18 Å². The lowest BCUT2D eigenvalue weighted by atomic mass is 10.1. The van der Waals surface area contributed by atoms with Crippen LogP contribution in [-0.2, 0) is 5.75 Å². The summed E-state index contributed by atoms with van der Waals surface area (Å²) in [6, 6.07) is 5.31. The van der Waals surface area contributed by atoms with Gasteiger partial charge >= 0.3 is 5.97 Å². The molecule has 2 rings (SSSR count). The van der Waals surface area contributed by atoms with Gasteiger partial charge in [-0.05, 0) is 29.8 Å². The SMILES string of the molecule is O=C(O)c1ccc(F)cc1CSc1ncccn1. The van der Waals surface area contributed by atoms with Crippen molar-refractivity contribution in [1.82, 2.24) is 9.97 Å². The summed E-state index contributed by atoms with van der Waals surface area (Å²) in [6.45, 7) is 0. The predicted molar refractivity (Wildman–Crippen MR) is 65.0 cm³/mol. The van der Waals surface area contributed by atoms with Gasteiger partial charge in [-0.15, -0.1) is 0 Å². The first kappa shape index (κ1) is 12.5. The van der Waals surface area contributed by atoms with Crippen LogP contribution in [0.2, 0.25) is 0 Å². The molecular weight excluding hydrogens is 255 g/mol. The molecule has 0 radical (unpaired) electrons. The Morgan fingerprint density at radius 2 is 2.06 bits per heavy atom. The van der Waals surface area contributed by atoms with E-state index in [0.29, 0.717) is 16.5 Å². The Bertz CT molecular complexity index is 563. The maximum atomic E-state index is 13.1. The summed E-state index contributed by atoms with van der Waals surface area (Å²) < 4.78 is 13.1. The highest BCUT2D eigenvalue weighted by molar-refractivity contribution is 7.98. The van der Waals surface area contributed by atoms with E-state index in [0.717, 1.165) is 6.07 Å². The molecule has 0 fully saturated rings. The molecule has 6 heteroatoms. The van der Waals surface area contributed by atoms with Crippen molar-refractivity contribution in [3.63, 3.8) is 0 Å². The number of thioether (sulfide) groups is 1. The van der Waals surface area contributed by atoms with Crippen LogP contribution in [0.4, 0.5) is 4.39 Å². The Labute approximate surface area is 107 Å². The van der Waals surface area contributed by atoms with E-state index in [4.69, 9.17) is 5.11 Å². The highest BCUT2D eigenvalue weighted by atomic mass is 32.2. The molecule has 18 heavy (non-hydrogen) atoms. The minimum atomic E-state index is -1.07. The van der Waals surface area contributed by atoms with Crippen molar-refractivity contribution in [3.05, 3.63) is 53.6 Å². The molecule has 0 bridgehead atoms. The van der Waals surface area contributed by atoms with Crippen molar-refractivity contribution in [2.45, 2.75) is 10.9 Å². The monoisotopic (exact) mass is 264 g/mol. The Morgan fingerprint density at radius 1 is 1.33 bits per heavy atom. The molecule has 92 valence electrons. The molecule has 0 aliphatic rings. The summed E-state index contributed by atoms with van der Waals surface area (Å²) in [5.74, 6) is -1.21. The number of carboxylic acids is 1.